The SMILES string of the molecule is CN(CC(N)=O)C(=O)c1ccc2c(c1)NCCN2. The summed E-state index contributed by atoms with van der Waals surface area (Å²) in [5.74, 6) is -0.743. The van der Waals surface area contributed by atoms with Crippen molar-refractivity contribution in [2.24, 2.45) is 5.73 Å². The van der Waals surface area contributed by atoms with Crippen LogP contribution in [-0.4, -0.2) is 43.4 Å². The molecule has 1 heterocycles. The van der Waals surface area contributed by atoms with Crippen molar-refractivity contribution < 1.29 is 9.59 Å². The van der Waals surface area contributed by atoms with Crippen LogP contribution in [0.3, 0.4) is 0 Å². The van der Waals surface area contributed by atoms with Gasteiger partial charge < -0.3 is 21.3 Å². The molecule has 2 rings (SSSR count). The van der Waals surface area contributed by atoms with E-state index in [1.807, 2.05) is 6.07 Å². The molecule has 18 heavy (non-hydrogen) atoms. The maximum atomic E-state index is 12.0. The quantitative estimate of drug-likeness (QED) is 0.707. The lowest BCUT2D eigenvalue weighted by Crippen LogP contribution is -2.35. The summed E-state index contributed by atoms with van der Waals surface area (Å²) in [7, 11) is 1.55. The van der Waals surface area contributed by atoms with Gasteiger partial charge >= 0.3 is 0 Å². The number of carbonyl (C=O) groups is 2. The number of hydrogen-bond acceptors (Lipinski definition) is 4. The molecule has 1 aliphatic rings. The molecule has 0 aliphatic carbocycles. The van der Waals surface area contributed by atoms with Crippen LogP contribution in [0.1, 0.15) is 10.4 Å². The largest absolute Gasteiger partial charge is 0.382 e. The van der Waals surface area contributed by atoms with Crippen molar-refractivity contribution >= 4 is 23.2 Å². The highest BCUT2D eigenvalue weighted by atomic mass is 16.2. The van der Waals surface area contributed by atoms with Gasteiger partial charge in [-0.2, -0.15) is 0 Å². The Kier molecular flexibility index (Phi) is 3.36. The fourth-order valence-electron chi connectivity index (χ4n) is 1.90. The summed E-state index contributed by atoms with van der Waals surface area (Å²) in [5, 5.41) is 6.44. The lowest BCUT2D eigenvalue weighted by Gasteiger charge is -2.21. The minimum absolute atomic E-state index is 0.0817. The smallest absolute Gasteiger partial charge is 0.254 e. The van der Waals surface area contributed by atoms with Crippen molar-refractivity contribution in [1.29, 1.82) is 0 Å². The summed E-state index contributed by atoms with van der Waals surface area (Å²) in [4.78, 5) is 24.1. The number of amides is 2. The average Bonchev–Trinajstić information content (AvgIpc) is 2.36. The third kappa shape index (κ3) is 2.53. The number of nitrogens with zero attached hydrogens (tertiary/aromatic N) is 1. The van der Waals surface area contributed by atoms with Gasteiger partial charge in [0.15, 0.2) is 0 Å². The second-order valence-electron chi connectivity index (χ2n) is 4.24. The highest BCUT2D eigenvalue weighted by Crippen LogP contribution is 2.25. The number of nitrogens with two attached hydrogens (primary N) is 1. The van der Waals surface area contributed by atoms with E-state index in [0.29, 0.717) is 5.56 Å². The number of fused-ring (bicyclic) bond motifs is 1. The molecule has 0 bridgehead atoms. The van der Waals surface area contributed by atoms with E-state index in [1.165, 1.54) is 4.90 Å². The number of primary amides is 1. The molecule has 6 heteroatoms. The van der Waals surface area contributed by atoms with Gasteiger partial charge in [-0.25, -0.2) is 0 Å². The molecule has 0 saturated heterocycles. The van der Waals surface area contributed by atoms with Gasteiger partial charge in [0.05, 0.1) is 17.9 Å². The maximum absolute atomic E-state index is 12.0. The summed E-state index contributed by atoms with van der Waals surface area (Å²) in [6.45, 7) is 1.60. The summed E-state index contributed by atoms with van der Waals surface area (Å²) >= 11 is 0. The molecule has 1 aliphatic heterocycles. The Morgan fingerprint density at radius 3 is 2.61 bits per heavy atom. The van der Waals surface area contributed by atoms with Crippen LogP contribution >= 0.6 is 0 Å². The third-order valence-corrected chi connectivity index (χ3v) is 2.76. The standard InChI is InChI=1S/C12H16N4O2/c1-16(7-11(13)17)12(18)8-2-3-9-10(6-8)15-5-4-14-9/h2-3,6,14-15H,4-5,7H2,1H3,(H2,13,17). The van der Waals surface area contributed by atoms with Crippen LogP contribution in [0.5, 0.6) is 0 Å². The predicted octanol–water partition coefficient (Wildman–Crippen LogP) is 0.0813. The Bertz CT molecular complexity index is 487. The summed E-state index contributed by atoms with van der Waals surface area (Å²) in [5.41, 5.74) is 7.48. The normalized spacial score (nSPS) is 12.9. The molecule has 0 saturated carbocycles. The van der Waals surface area contributed by atoms with Crippen LogP contribution in [0.15, 0.2) is 18.2 Å². The highest BCUT2D eigenvalue weighted by molar-refractivity contribution is 5.98. The summed E-state index contributed by atoms with van der Waals surface area (Å²) in [6, 6.07) is 5.37. The minimum atomic E-state index is -0.524. The van der Waals surface area contributed by atoms with Gasteiger partial charge in [-0.15, -0.1) is 0 Å². The van der Waals surface area contributed by atoms with Gasteiger partial charge in [-0.05, 0) is 18.2 Å². The van der Waals surface area contributed by atoms with Gasteiger partial charge in [0.1, 0.15) is 0 Å². The molecule has 1 aromatic carbocycles. The van der Waals surface area contributed by atoms with Crippen molar-refractivity contribution in [2.75, 3.05) is 37.3 Å². The third-order valence-electron chi connectivity index (χ3n) is 2.76. The Balaban J connectivity index is 2.18. The van der Waals surface area contributed by atoms with E-state index < -0.39 is 5.91 Å². The van der Waals surface area contributed by atoms with Crippen molar-refractivity contribution in [2.45, 2.75) is 0 Å². The Morgan fingerprint density at radius 2 is 1.94 bits per heavy atom. The fourth-order valence-corrected chi connectivity index (χ4v) is 1.90. The number of nitrogens with one attached hydrogen (secondary N) is 2. The van der Waals surface area contributed by atoms with Gasteiger partial charge in [-0.3, -0.25) is 9.59 Å². The van der Waals surface area contributed by atoms with E-state index >= 15 is 0 Å². The Labute approximate surface area is 105 Å². The number of carbonyl (C=O) groups excluding carboxylic acids is 2. The van der Waals surface area contributed by atoms with Crippen molar-refractivity contribution in [3.8, 4) is 0 Å². The topological polar surface area (TPSA) is 87.5 Å². The first-order chi connectivity index (χ1) is 8.58. The molecule has 0 fully saturated rings. The second-order valence-corrected chi connectivity index (χ2v) is 4.24. The number of hydrogen-bond donors (Lipinski definition) is 3. The number of anilines is 2. The van der Waals surface area contributed by atoms with E-state index in [-0.39, 0.29) is 12.5 Å². The van der Waals surface area contributed by atoms with Gasteiger partial charge in [-0.1, -0.05) is 0 Å². The number of benzene rings is 1. The number of rotatable bonds is 3. The molecular formula is C12H16N4O2. The molecule has 0 spiro atoms. The lowest BCUT2D eigenvalue weighted by atomic mass is 10.1. The van der Waals surface area contributed by atoms with Crippen LogP contribution in [0.25, 0.3) is 0 Å². The molecule has 96 valence electrons. The van der Waals surface area contributed by atoms with E-state index in [2.05, 4.69) is 10.6 Å². The molecule has 2 amide bonds. The predicted molar refractivity (Wildman–Crippen MR) is 69.6 cm³/mol. The van der Waals surface area contributed by atoms with Crippen LogP contribution in [0.2, 0.25) is 0 Å². The molecule has 6 nitrogen and oxygen atoms in total. The molecule has 0 radical (unpaired) electrons. The van der Waals surface area contributed by atoms with E-state index in [1.54, 1.807) is 19.2 Å². The number of likely N-dealkylation sites (N-methyl/N-ethyl adjacent to an activating group) is 1. The monoisotopic (exact) mass is 248 g/mol. The second kappa shape index (κ2) is 4.95. The molecule has 1 aromatic rings. The van der Waals surface area contributed by atoms with Gasteiger partial charge in [0, 0.05) is 25.7 Å². The van der Waals surface area contributed by atoms with Crippen LogP contribution in [0.4, 0.5) is 11.4 Å². The molecule has 0 atom stereocenters. The maximum Gasteiger partial charge on any atom is 0.254 e. The zero-order chi connectivity index (χ0) is 13.1. The van der Waals surface area contributed by atoms with Crippen LogP contribution < -0.4 is 16.4 Å². The minimum Gasteiger partial charge on any atom is -0.382 e. The molecular weight excluding hydrogens is 232 g/mol. The lowest BCUT2D eigenvalue weighted by molar-refractivity contribution is -0.118. The first-order valence-corrected chi connectivity index (χ1v) is 5.73. The zero-order valence-electron chi connectivity index (χ0n) is 10.2. The highest BCUT2D eigenvalue weighted by Gasteiger charge is 2.16. The first-order valence-electron chi connectivity index (χ1n) is 5.73. The van der Waals surface area contributed by atoms with E-state index in [9.17, 15) is 9.59 Å². The van der Waals surface area contributed by atoms with Crippen LogP contribution in [-0.2, 0) is 4.79 Å². The van der Waals surface area contributed by atoms with Crippen LogP contribution in [0, 0.1) is 0 Å². The molecule has 4 N–H and O–H groups in total. The van der Waals surface area contributed by atoms with Gasteiger partial charge in [0.25, 0.3) is 5.91 Å². The first kappa shape index (κ1) is 12.2. The van der Waals surface area contributed by atoms with Crippen molar-refractivity contribution in [3.05, 3.63) is 23.8 Å². The Hall–Kier alpha value is -2.24. The molecule has 0 aromatic heterocycles. The van der Waals surface area contributed by atoms with Crippen molar-refractivity contribution in [3.63, 3.8) is 0 Å². The Morgan fingerprint density at radius 1 is 1.28 bits per heavy atom. The summed E-state index contributed by atoms with van der Waals surface area (Å²) in [6.07, 6.45) is 0. The van der Waals surface area contributed by atoms with Gasteiger partial charge in [0.2, 0.25) is 5.91 Å². The summed E-state index contributed by atoms with van der Waals surface area (Å²) < 4.78 is 0. The average molecular weight is 248 g/mol. The van der Waals surface area contributed by atoms with E-state index in [0.717, 1.165) is 24.5 Å². The van der Waals surface area contributed by atoms with Crippen molar-refractivity contribution in [1.82, 2.24) is 4.90 Å². The van der Waals surface area contributed by atoms with E-state index in [4.69, 9.17) is 5.73 Å². The zero-order valence-corrected chi connectivity index (χ0v) is 10.2. The fraction of sp³-hybridized carbons (Fsp3) is 0.333. The molecule has 0 unspecified atom stereocenters.